The Bertz CT molecular complexity index is 973. The number of ether oxygens (including phenoxy) is 1. The lowest BCUT2D eigenvalue weighted by Gasteiger charge is -2.24. The van der Waals surface area contributed by atoms with Gasteiger partial charge >= 0.3 is 6.09 Å². The summed E-state index contributed by atoms with van der Waals surface area (Å²) in [6.45, 7) is 2.71. The molecule has 0 fully saturated rings. The maximum absolute atomic E-state index is 12.5. The summed E-state index contributed by atoms with van der Waals surface area (Å²) in [6.07, 6.45) is 0.0593. The van der Waals surface area contributed by atoms with Gasteiger partial charge in [0.2, 0.25) is 0 Å². The molecule has 0 saturated carbocycles. The number of hydrogen-bond acceptors (Lipinski definition) is 9. The summed E-state index contributed by atoms with van der Waals surface area (Å²) in [4.78, 5) is 51.3. The number of amides is 2. The Kier molecular flexibility index (Phi) is 5.68. The summed E-state index contributed by atoms with van der Waals surface area (Å²) < 4.78 is 4.98. The summed E-state index contributed by atoms with van der Waals surface area (Å²) in [6, 6.07) is 2.69. The topological polar surface area (TPSA) is 158 Å². The first-order chi connectivity index (χ1) is 13.8. The van der Waals surface area contributed by atoms with Crippen LogP contribution in [0.4, 0.5) is 21.3 Å². The molecule has 13 heteroatoms. The Morgan fingerprint density at radius 3 is 2.48 bits per heavy atom. The second kappa shape index (κ2) is 8.18. The Morgan fingerprint density at radius 2 is 1.90 bits per heavy atom. The molecule has 2 heterocycles. The van der Waals surface area contributed by atoms with Crippen LogP contribution in [-0.2, 0) is 17.7 Å². The van der Waals surface area contributed by atoms with E-state index in [-0.39, 0.29) is 17.3 Å². The van der Waals surface area contributed by atoms with Crippen LogP contribution in [0, 0.1) is 20.2 Å². The summed E-state index contributed by atoms with van der Waals surface area (Å²) >= 11 is 1.16. The third-order valence-electron chi connectivity index (χ3n) is 4.06. The van der Waals surface area contributed by atoms with Crippen molar-refractivity contribution in [1.29, 1.82) is 0 Å². The first kappa shape index (κ1) is 20.1. The number of rotatable bonds is 5. The van der Waals surface area contributed by atoms with Gasteiger partial charge in [0.05, 0.1) is 40.3 Å². The van der Waals surface area contributed by atoms with E-state index in [1.807, 2.05) is 0 Å². The van der Waals surface area contributed by atoms with E-state index in [9.17, 15) is 29.8 Å². The van der Waals surface area contributed by atoms with E-state index in [1.54, 1.807) is 6.92 Å². The van der Waals surface area contributed by atoms with E-state index in [0.717, 1.165) is 40.1 Å². The monoisotopic (exact) mass is 421 g/mol. The lowest BCUT2D eigenvalue weighted by atomic mass is 10.1. The highest BCUT2D eigenvalue weighted by molar-refractivity contribution is 7.15. The molecule has 29 heavy (non-hydrogen) atoms. The molecule has 0 radical (unpaired) electrons. The van der Waals surface area contributed by atoms with Crippen molar-refractivity contribution in [1.82, 2.24) is 9.88 Å². The van der Waals surface area contributed by atoms with Crippen LogP contribution >= 0.6 is 11.3 Å². The van der Waals surface area contributed by atoms with Crippen molar-refractivity contribution in [3.05, 3.63) is 54.6 Å². The second-order valence-corrected chi connectivity index (χ2v) is 7.05. The van der Waals surface area contributed by atoms with Crippen molar-refractivity contribution < 1.29 is 24.2 Å². The SMILES string of the molecule is CCOC(=O)N1CCc2nc(NC(=O)c3cc([N+](=O)[O-])cc([N+](=O)[O-])c3)sc2C1. The molecule has 3 rings (SSSR count). The van der Waals surface area contributed by atoms with Gasteiger partial charge in [-0.25, -0.2) is 9.78 Å². The van der Waals surface area contributed by atoms with Gasteiger partial charge in [0.25, 0.3) is 17.3 Å². The molecule has 0 unspecified atom stereocenters. The van der Waals surface area contributed by atoms with Crippen LogP contribution in [0.25, 0.3) is 0 Å². The molecular weight excluding hydrogens is 406 g/mol. The number of fused-ring (bicyclic) bond motifs is 1. The minimum atomic E-state index is -0.810. The van der Waals surface area contributed by atoms with E-state index in [2.05, 4.69) is 10.3 Å². The van der Waals surface area contributed by atoms with Crippen LogP contribution in [0.3, 0.4) is 0 Å². The van der Waals surface area contributed by atoms with Gasteiger partial charge in [0.1, 0.15) is 0 Å². The lowest BCUT2D eigenvalue weighted by molar-refractivity contribution is -0.394. The largest absolute Gasteiger partial charge is 0.450 e. The van der Waals surface area contributed by atoms with Gasteiger partial charge in [-0.2, -0.15) is 0 Å². The number of aromatic nitrogens is 1. The fraction of sp³-hybridized carbons (Fsp3) is 0.312. The number of non-ortho nitro benzene ring substituents is 2. The van der Waals surface area contributed by atoms with E-state index < -0.39 is 33.2 Å². The average molecular weight is 421 g/mol. The summed E-state index contributed by atoms with van der Waals surface area (Å²) in [7, 11) is 0. The molecule has 1 N–H and O–H groups in total. The normalized spacial score (nSPS) is 12.8. The van der Waals surface area contributed by atoms with Gasteiger partial charge in [0, 0.05) is 30.0 Å². The highest BCUT2D eigenvalue weighted by atomic mass is 32.1. The van der Waals surface area contributed by atoms with E-state index in [0.29, 0.717) is 19.5 Å². The predicted octanol–water partition coefficient (Wildman–Crippen LogP) is 2.73. The minimum Gasteiger partial charge on any atom is -0.450 e. The van der Waals surface area contributed by atoms with Crippen LogP contribution in [0.15, 0.2) is 18.2 Å². The molecule has 12 nitrogen and oxygen atoms in total. The standard InChI is InChI=1S/C16H15N5O7S/c1-2-28-16(23)19-4-3-12-13(8-19)29-15(17-12)18-14(22)9-5-10(20(24)25)7-11(6-9)21(26)27/h5-7H,2-4,8H2,1H3,(H,17,18,22). The highest BCUT2D eigenvalue weighted by Crippen LogP contribution is 2.29. The first-order valence-corrected chi connectivity index (χ1v) is 9.25. The lowest BCUT2D eigenvalue weighted by Crippen LogP contribution is -2.35. The molecule has 1 aliphatic heterocycles. The highest BCUT2D eigenvalue weighted by Gasteiger charge is 2.26. The molecule has 0 bridgehead atoms. The van der Waals surface area contributed by atoms with Crippen LogP contribution in [-0.4, -0.2) is 44.9 Å². The number of thiazole rings is 1. The Morgan fingerprint density at radius 1 is 1.24 bits per heavy atom. The molecule has 0 saturated heterocycles. The summed E-state index contributed by atoms with van der Waals surface area (Å²) in [5.74, 6) is -0.759. The van der Waals surface area contributed by atoms with Crippen molar-refractivity contribution in [3.8, 4) is 0 Å². The van der Waals surface area contributed by atoms with Crippen LogP contribution in [0.5, 0.6) is 0 Å². The van der Waals surface area contributed by atoms with Crippen molar-refractivity contribution in [2.45, 2.75) is 19.9 Å². The second-order valence-electron chi connectivity index (χ2n) is 5.97. The zero-order chi connectivity index (χ0) is 21.1. The molecular formula is C16H15N5O7S. The quantitative estimate of drug-likeness (QED) is 0.570. The summed E-state index contributed by atoms with van der Waals surface area (Å²) in [5.41, 5.74) is -0.621. The van der Waals surface area contributed by atoms with Crippen molar-refractivity contribution in [2.24, 2.45) is 0 Å². The molecule has 152 valence electrons. The number of nitrogens with one attached hydrogen (secondary N) is 1. The van der Waals surface area contributed by atoms with Gasteiger partial charge in [-0.15, -0.1) is 0 Å². The maximum Gasteiger partial charge on any atom is 0.410 e. The fourth-order valence-corrected chi connectivity index (χ4v) is 3.74. The molecule has 1 aromatic carbocycles. The number of nitro benzene ring substituents is 2. The zero-order valence-corrected chi connectivity index (χ0v) is 15.9. The molecule has 1 aromatic heterocycles. The Balaban J connectivity index is 1.78. The molecule has 2 amide bonds. The molecule has 1 aliphatic rings. The van der Waals surface area contributed by atoms with Crippen LogP contribution < -0.4 is 5.32 Å². The third-order valence-corrected chi connectivity index (χ3v) is 5.06. The molecule has 0 aliphatic carbocycles. The first-order valence-electron chi connectivity index (χ1n) is 8.44. The maximum atomic E-state index is 12.5. The zero-order valence-electron chi connectivity index (χ0n) is 15.1. The number of carbonyl (C=O) groups is 2. The van der Waals surface area contributed by atoms with Crippen molar-refractivity contribution >= 4 is 39.8 Å². The van der Waals surface area contributed by atoms with Gasteiger partial charge in [-0.05, 0) is 6.92 Å². The van der Waals surface area contributed by atoms with E-state index in [1.165, 1.54) is 4.90 Å². The number of carbonyl (C=O) groups excluding carboxylic acids is 2. The predicted molar refractivity (Wildman–Crippen MR) is 101 cm³/mol. The smallest absolute Gasteiger partial charge is 0.410 e. The number of nitrogens with zero attached hydrogens (tertiary/aromatic N) is 4. The molecule has 0 spiro atoms. The van der Waals surface area contributed by atoms with E-state index in [4.69, 9.17) is 4.74 Å². The number of anilines is 1. The minimum absolute atomic E-state index is 0.229. The average Bonchev–Trinajstić information content (AvgIpc) is 3.08. The molecule has 0 atom stereocenters. The number of nitro groups is 2. The Labute approximate surface area is 167 Å². The van der Waals surface area contributed by atoms with Crippen LogP contribution in [0.1, 0.15) is 27.9 Å². The van der Waals surface area contributed by atoms with Gasteiger partial charge in [0.15, 0.2) is 5.13 Å². The molecule has 2 aromatic rings. The van der Waals surface area contributed by atoms with Gasteiger partial charge in [-0.1, -0.05) is 11.3 Å². The van der Waals surface area contributed by atoms with Crippen molar-refractivity contribution in [2.75, 3.05) is 18.5 Å². The van der Waals surface area contributed by atoms with E-state index >= 15 is 0 Å². The Hall–Kier alpha value is -3.61. The summed E-state index contributed by atoms with van der Waals surface area (Å²) in [5, 5.41) is 24.7. The third kappa shape index (κ3) is 4.45. The van der Waals surface area contributed by atoms with Gasteiger partial charge < -0.3 is 9.64 Å². The van der Waals surface area contributed by atoms with Crippen molar-refractivity contribution in [3.63, 3.8) is 0 Å². The number of hydrogen-bond donors (Lipinski definition) is 1. The van der Waals surface area contributed by atoms with Gasteiger partial charge in [-0.3, -0.25) is 30.3 Å². The number of benzene rings is 1. The fourth-order valence-electron chi connectivity index (χ4n) is 2.73. The van der Waals surface area contributed by atoms with Crippen LogP contribution in [0.2, 0.25) is 0 Å².